The molecule has 0 saturated heterocycles. The zero-order chi connectivity index (χ0) is 13.3. The Hall–Kier alpha value is -1.76. The Bertz CT molecular complexity index is 604. The third-order valence-electron chi connectivity index (χ3n) is 2.15. The summed E-state index contributed by atoms with van der Waals surface area (Å²) in [5.74, 6) is -3.19. The van der Waals surface area contributed by atoms with Crippen molar-refractivity contribution in [2.45, 2.75) is 0 Å². The third-order valence-corrected chi connectivity index (χ3v) is 2.58. The second-order valence-corrected chi connectivity index (χ2v) is 4.38. The first kappa shape index (κ1) is 12.7. The molecule has 0 radical (unpaired) electrons. The first-order valence-corrected chi connectivity index (χ1v) is 5.59. The molecule has 0 atom stereocenters. The predicted molar refractivity (Wildman–Crippen MR) is 65.9 cm³/mol. The van der Waals surface area contributed by atoms with Crippen LogP contribution in [0.4, 0.5) is 30.4 Å². The molecule has 0 fully saturated rings. The maximum Gasteiger partial charge on any atom is 0.161 e. The Kier molecular flexibility index (Phi) is 3.42. The molecule has 18 heavy (non-hydrogen) atoms. The van der Waals surface area contributed by atoms with Gasteiger partial charge in [-0.25, -0.2) is 18.2 Å². The van der Waals surface area contributed by atoms with Crippen LogP contribution >= 0.6 is 15.9 Å². The number of nitrogens with zero attached hydrogens (tertiary/aromatic N) is 1. The molecule has 0 bridgehead atoms. The second kappa shape index (κ2) is 4.85. The molecule has 2 rings (SSSR count). The smallest absolute Gasteiger partial charge is 0.161 e. The number of aromatic nitrogens is 1. The van der Waals surface area contributed by atoms with Gasteiger partial charge >= 0.3 is 0 Å². The van der Waals surface area contributed by atoms with E-state index in [0.717, 1.165) is 0 Å². The number of rotatable bonds is 2. The number of nitrogen functional groups attached to an aromatic ring is 1. The van der Waals surface area contributed by atoms with Crippen LogP contribution in [0.25, 0.3) is 0 Å². The first-order valence-electron chi connectivity index (χ1n) is 4.80. The highest BCUT2D eigenvalue weighted by atomic mass is 79.9. The van der Waals surface area contributed by atoms with Crippen LogP contribution in [0.5, 0.6) is 0 Å². The number of hydrogen-bond acceptors (Lipinski definition) is 3. The van der Waals surface area contributed by atoms with E-state index in [0.29, 0.717) is 16.6 Å². The summed E-state index contributed by atoms with van der Waals surface area (Å²) in [7, 11) is 0. The normalized spacial score (nSPS) is 10.4. The van der Waals surface area contributed by atoms with Crippen molar-refractivity contribution in [1.82, 2.24) is 4.98 Å². The maximum atomic E-state index is 13.4. The Morgan fingerprint density at radius 1 is 1.06 bits per heavy atom. The summed E-state index contributed by atoms with van der Waals surface area (Å²) in [6.45, 7) is 0. The molecule has 7 heteroatoms. The van der Waals surface area contributed by atoms with Crippen molar-refractivity contribution in [3.63, 3.8) is 0 Å². The Morgan fingerprint density at radius 2 is 1.72 bits per heavy atom. The van der Waals surface area contributed by atoms with Gasteiger partial charge in [-0.2, -0.15) is 0 Å². The number of hydrogen-bond donors (Lipinski definition) is 2. The molecule has 0 spiro atoms. The average molecular weight is 318 g/mol. The highest BCUT2D eigenvalue weighted by Gasteiger charge is 2.11. The molecule has 0 saturated carbocycles. The van der Waals surface area contributed by atoms with Crippen LogP contribution in [-0.2, 0) is 0 Å². The zero-order valence-electron chi connectivity index (χ0n) is 8.85. The molecule has 0 aliphatic heterocycles. The van der Waals surface area contributed by atoms with E-state index in [4.69, 9.17) is 5.73 Å². The summed E-state index contributed by atoms with van der Waals surface area (Å²) < 4.78 is 39.8. The molecule has 1 aromatic heterocycles. The fourth-order valence-corrected chi connectivity index (χ4v) is 1.65. The Labute approximate surface area is 109 Å². The third kappa shape index (κ3) is 2.56. The van der Waals surface area contributed by atoms with Gasteiger partial charge in [-0.15, -0.1) is 0 Å². The van der Waals surface area contributed by atoms with Crippen molar-refractivity contribution in [2.24, 2.45) is 0 Å². The molecule has 3 N–H and O–H groups in total. The van der Waals surface area contributed by atoms with E-state index in [1.807, 2.05) is 0 Å². The van der Waals surface area contributed by atoms with Gasteiger partial charge in [0, 0.05) is 22.8 Å². The molecule has 94 valence electrons. The summed E-state index contributed by atoms with van der Waals surface area (Å²) in [5, 5.41) is 2.50. The van der Waals surface area contributed by atoms with Crippen LogP contribution in [0.1, 0.15) is 0 Å². The van der Waals surface area contributed by atoms with Crippen LogP contribution in [0.3, 0.4) is 0 Å². The molecule has 2 aromatic rings. The second-order valence-electron chi connectivity index (χ2n) is 3.46. The highest BCUT2D eigenvalue weighted by Crippen LogP contribution is 2.26. The van der Waals surface area contributed by atoms with E-state index in [2.05, 4.69) is 26.2 Å². The Balaban J connectivity index is 2.37. The molecular weight excluding hydrogens is 311 g/mol. The van der Waals surface area contributed by atoms with Crippen molar-refractivity contribution in [2.75, 3.05) is 11.1 Å². The van der Waals surface area contributed by atoms with Gasteiger partial charge in [0.05, 0.1) is 11.4 Å². The van der Waals surface area contributed by atoms with Crippen molar-refractivity contribution >= 4 is 33.1 Å². The van der Waals surface area contributed by atoms with Crippen molar-refractivity contribution in [3.05, 3.63) is 46.3 Å². The molecule has 1 aromatic carbocycles. The van der Waals surface area contributed by atoms with Crippen molar-refractivity contribution in [1.29, 1.82) is 0 Å². The lowest BCUT2D eigenvalue weighted by Crippen LogP contribution is -2.02. The van der Waals surface area contributed by atoms with Gasteiger partial charge in [-0.3, -0.25) is 0 Å². The van der Waals surface area contributed by atoms with Gasteiger partial charge in [0.2, 0.25) is 0 Å². The summed E-state index contributed by atoms with van der Waals surface area (Å²) in [5.41, 5.74) is 5.65. The molecule has 0 aliphatic carbocycles. The summed E-state index contributed by atoms with van der Waals surface area (Å²) >= 11 is 3.16. The first-order chi connectivity index (χ1) is 8.47. The number of halogens is 4. The van der Waals surface area contributed by atoms with E-state index in [9.17, 15) is 13.2 Å². The minimum absolute atomic E-state index is 0.156. The topological polar surface area (TPSA) is 50.9 Å². The molecular formula is C11H7BrF3N3. The quantitative estimate of drug-likeness (QED) is 0.832. The van der Waals surface area contributed by atoms with Gasteiger partial charge in [-0.1, -0.05) is 0 Å². The van der Waals surface area contributed by atoms with E-state index < -0.39 is 17.5 Å². The SMILES string of the molecule is Nc1cc(Br)cnc1Nc1cc(F)c(F)cc1F. The van der Waals surface area contributed by atoms with Crippen molar-refractivity contribution in [3.8, 4) is 0 Å². The fourth-order valence-electron chi connectivity index (χ4n) is 1.31. The fraction of sp³-hybridized carbons (Fsp3) is 0. The molecule has 3 nitrogen and oxygen atoms in total. The molecule has 0 aliphatic rings. The van der Waals surface area contributed by atoms with E-state index in [1.165, 1.54) is 6.20 Å². The minimum Gasteiger partial charge on any atom is -0.396 e. The lowest BCUT2D eigenvalue weighted by Gasteiger charge is -2.09. The number of pyridine rings is 1. The van der Waals surface area contributed by atoms with Crippen LogP contribution < -0.4 is 11.1 Å². The monoisotopic (exact) mass is 317 g/mol. The number of benzene rings is 1. The average Bonchev–Trinajstić information content (AvgIpc) is 2.29. The zero-order valence-corrected chi connectivity index (χ0v) is 10.4. The Morgan fingerprint density at radius 3 is 2.39 bits per heavy atom. The van der Waals surface area contributed by atoms with Crippen LogP contribution in [0.15, 0.2) is 28.9 Å². The van der Waals surface area contributed by atoms with Gasteiger partial charge in [0.25, 0.3) is 0 Å². The lowest BCUT2D eigenvalue weighted by atomic mass is 10.2. The number of anilines is 3. The number of nitrogens with two attached hydrogens (primary N) is 1. The maximum absolute atomic E-state index is 13.4. The van der Waals surface area contributed by atoms with E-state index >= 15 is 0 Å². The van der Waals surface area contributed by atoms with E-state index in [-0.39, 0.29) is 17.2 Å². The lowest BCUT2D eigenvalue weighted by molar-refractivity contribution is 0.496. The van der Waals surface area contributed by atoms with Gasteiger partial charge < -0.3 is 11.1 Å². The predicted octanol–water partition coefficient (Wildman–Crippen LogP) is 3.59. The molecule has 0 amide bonds. The summed E-state index contributed by atoms with van der Waals surface area (Å²) in [4.78, 5) is 3.90. The standard InChI is InChI=1S/C11H7BrF3N3/c12-5-1-9(16)11(17-4-5)18-10-3-7(14)6(13)2-8(10)15/h1-4H,16H2,(H,17,18). The molecule has 0 unspecified atom stereocenters. The highest BCUT2D eigenvalue weighted by molar-refractivity contribution is 9.10. The summed E-state index contributed by atoms with van der Waals surface area (Å²) in [6, 6.07) is 2.70. The van der Waals surface area contributed by atoms with E-state index in [1.54, 1.807) is 6.07 Å². The van der Waals surface area contributed by atoms with Crippen LogP contribution in [0.2, 0.25) is 0 Å². The van der Waals surface area contributed by atoms with Gasteiger partial charge in [0.1, 0.15) is 5.82 Å². The molecule has 1 heterocycles. The van der Waals surface area contributed by atoms with Gasteiger partial charge in [0.15, 0.2) is 17.5 Å². The van der Waals surface area contributed by atoms with Crippen molar-refractivity contribution < 1.29 is 13.2 Å². The number of nitrogens with one attached hydrogen (secondary N) is 1. The summed E-state index contributed by atoms with van der Waals surface area (Å²) in [6.07, 6.45) is 1.44. The van der Waals surface area contributed by atoms with Gasteiger partial charge in [-0.05, 0) is 22.0 Å². The minimum atomic E-state index is -1.25. The largest absolute Gasteiger partial charge is 0.396 e. The van der Waals surface area contributed by atoms with Crippen LogP contribution in [0, 0.1) is 17.5 Å². The van der Waals surface area contributed by atoms with Crippen LogP contribution in [-0.4, -0.2) is 4.98 Å².